The summed E-state index contributed by atoms with van der Waals surface area (Å²) in [5.41, 5.74) is 0.0202. The van der Waals surface area contributed by atoms with Crippen LogP contribution in [0.4, 0.5) is 13.2 Å². The summed E-state index contributed by atoms with van der Waals surface area (Å²) in [6, 6.07) is 6.72. The van der Waals surface area contributed by atoms with Crippen molar-refractivity contribution in [3.8, 4) is 0 Å². The quantitative estimate of drug-likeness (QED) is 0.939. The minimum absolute atomic E-state index is 0.374. The van der Waals surface area contributed by atoms with Crippen LogP contribution in [0.15, 0.2) is 29.1 Å². The highest BCUT2D eigenvalue weighted by Crippen LogP contribution is 2.22. The van der Waals surface area contributed by atoms with Crippen molar-refractivity contribution in [3.63, 3.8) is 0 Å². The van der Waals surface area contributed by atoms with Gasteiger partial charge in [-0.15, -0.1) is 0 Å². The molecular formula is C13H13F3N2O2. The molecule has 0 amide bonds. The van der Waals surface area contributed by atoms with Crippen LogP contribution in [-0.2, 0) is 6.54 Å². The number of hydrogen-bond donors (Lipinski definition) is 1. The molecule has 0 unspecified atom stereocenters. The van der Waals surface area contributed by atoms with Crippen molar-refractivity contribution in [1.82, 2.24) is 9.78 Å². The van der Waals surface area contributed by atoms with Crippen molar-refractivity contribution in [2.45, 2.75) is 32.2 Å². The van der Waals surface area contributed by atoms with Crippen LogP contribution in [-0.4, -0.2) is 27.2 Å². The molecule has 0 aliphatic heterocycles. The fourth-order valence-corrected chi connectivity index (χ4v) is 2.06. The summed E-state index contributed by atoms with van der Waals surface area (Å²) in [4.78, 5) is 12.1. The molecule has 0 saturated carbocycles. The zero-order valence-electron chi connectivity index (χ0n) is 10.7. The molecule has 0 radical (unpaired) electrons. The molecule has 108 valence electrons. The Morgan fingerprint density at radius 1 is 1.30 bits per heavy atom. The van der Waals surface area contributed by atoms with Gasteiger partial charge in [0.05, 0.1) is 30.1 Å². The standard InChI is InChI=1S/C13H13F3N2O2/c1-8-10-4-2-3-5-11(10)12(20)18(17-8)7-9(19)6-13(14,15)16/h2-5,9,19H,6-7H2,1H3/t9-/m1/s1. The molecule has 0 spiro atoms. The number of fused-ring (bicyclic) bond motifs is 1. The van der Waals surface area contributed by atoms with Crippen LogP contribution in [0.25, 0.3) is 10.8 Å². The third-order valence-corrected chi connectivity index (χ3v) is 2.90. The fraction of sp³-hybridized carbons (Fsp3) is 0.385. The van der Waals surface area contributed by atoms with Gasteiger partial charge >= 0.3 is 6.18 Å². The number of benzene rings is 1. The van der Waals surface area contributed by atoms with E-state index in [0.717, 1.165) is 4.68 Å². The largest absolute Gasteiger partial charge is 0.391 e. The Balaban J connectivity index is 2.36. The number of aliphatic hydroxyl groups excluding tert-OH is 1. The molecule has 0 aliphatic rings. The monoisotopic (exact) mass is 286 g/mol. The Labute approximate surface area is 112 Å². The predicted octanol–water partition coefficient (Wildman–Crippen LogP) is 2.02. The van der Waals surface area contributed by atoms with Crippen molar-refractivity contribution < 1.29 is 18.3 Å². The Morgan fingerprint density at radius 3 is 2.50 bits per heavy atom. The maximum absolute atomic E-state index is 12.2. The molecule has 20 heavy (non-hydrogen) atoms. The van der Waals surface area contributed by atoms with Crippen LogP contribution in [0.2, 0.25) is 0 Å². The number of hydrogen-bond acceptors (Lipinski definition) is 3. The number of aliphatic hydroxyl groups is 1. The third-order valence-electron chi connectivity index (χ3n) is 2.90. The van der Waals surface area contributed by atoms with E-state index in [0.29, 0.717) is 16.5 Å². The second kappa shape index (κ2) is 5.24. The van der Waals surface area contributed by atoms with Gasteiger partial charge in [-0.25, -0.2) is 4.68 Å². The molecule has 2 aromatic rings. The van der Waals surface area contributed by atoms with Crippen LogP contribution in [0, 0.1) is 6.92 Å². The van der Waals surface area contributed by atoms with E-state index in [-0.39, 0.29) is 0 Å². The molecule has 0 fully saturated rings. The lowest BCUT2D eigenvalue weighted by molar-refractivity contribution is -0.155. The molecule has 0 saturated heterocycles. The van der Waals surface area contributed by atoms with Gasteiger partial charge in [-0.1, -0.05) is 18.2 Å². The third kappa shape index (κ3) is 3.16. The summed E-state index contributed by atoms with van der Waals surface area (Å²) >= 11 is 0. The van der Waals surface area contributed by atoms with Crippen molar-refractivity contribution >= 4 is 10.8 Å². The molecule has 1 N–H and O–H groups in total. The zero-order valence-corrected chi connectivity index (χ0v) is 10.7. The van der Waals surface area contributed by atoms with Gasteiger partial charge in [0.25, 0.3) is 5.56 Å². The van der Waals surface area contributed by atoms with Crippen LogP contribution in [0.3, 0.4) is 0 Å². The average molecular weight is 286 g/mol. The van der Waals surface area contributed by atoms with E-state index in [1.54, 1.807) is 31.2 Å². The molecular weight excluding hydrogens is 273 g/mol. The summed E-state index contributed by atoms with van der Waals surface area (Å²) in [5.74, 6) is 0. The highest BCUT2D eigenvalue weighted by atomic mass is 19.4. The van der Waals surface area contributed by atoms with Crippen LogP contribution >= 0.6 is 0 Å². The number of aromatic nitrogens is 2. The maximum atomic E-state index is 12.2. The maximum Gasteiger partial charge on any atom is 0.391 e. The second-order valence-electron chi connectivity index (χ2n) is 4.59. The van der Waals surface area contributed by atoms with Gasteiger partial charge < -0.3 is 5.11 Å². The first kappa shape index (κ1) is 14.5. The highest BCUT2D eigenvalue weighted by molar-refractivity contribution is 5.83. The van der Waals surface area contributed by atoms with Crippen LogP contribution in [0.1, 0.15) is 12.1 Å². The van der Waals surface area contributed by atoms with E-state index < -0.39 is 30.8 Å². The highest BCUT2D eigenvalue weighted by Gasteiger charge is 2.31. The molecule has 0 aliphatic carbocycles. The van der Waals surface area contributed by atoms with Gasteiger partial charge in [0.2, 0.25) is 0 Å². The summed E-state index contributed by atoms with van der Waals surface area (Å²) in [6.07, 6.45) is -7.54. The van der Waals surface area contributed by atoms with E-state index in [1.165, 1.54) is 0 Å². The van der Waals surface area contributed by atoms with Crippen LogP contribution in [0.5, 0.6) is 0 Å². The van der Waals surface area contributed by atoms with E-state index >= 15 is 0 Å². The van der Waals surface area contributed by atoms with Gasteiger partial charge in [-0.3, -0.25) is 4.79 Å². The summed E-state index contributed by atoms with van der Waals surface area (Å²) in [7, 11) is 0. The number of aryl methyl sites for hydroxylation is 1. The summed E-state index contributed by atoms with van der Waals surface area (Å²) in [6.45, 7) is 1.18. The van der Waals surface area contributed by atoms with Crippen LogP contribution < -0.4 is 5.56 Å². The molecule has 4 nitrogen and oxygen atoms in total. The lowest BCUT2D eigenvalue weighted by atomic mass is 10.1. The summed E-state index contributed by atoms with van der Waals surface area (Å²) < 4.78 is 37.4. The molecule has 7 heteroatoms. The number of rotatable bonds is 3. The lowest BCUT2D eigenvalue weighted by Crippen LogP contribution is -2.32. The SMILES string of the molecule is Cc1nn(C[C@H](O)CC(F)(F)F)c(=O)c2ccccc12. The van der Waals surface area contributed by atoms with Crippen molar-refractivity contribution in [1.29, 1.82) is 0 Å². The lowest BCUT2D eigenvalue weighted by Gasteiger charge is -2.15. The predicted molar refractivity (Wildman–Crippen MR) is 67.4 cm³/mol. The first-order valence-electron chi connectivity index (χ1n) is 5.99. The first-order valence-corrected chi connectivity index (χ1v) is 5.99. The molecule has 1 aromatic heterocycles. The Morgan fingerprint density at radius 2 is 1.90 bits per heavy atom. The smallest absolute Gasteiger partial charge is 0.391 e. The molecule has 0 bridgehead atoms. The molecule has 2 rings (SSSR count). The number of nitrogens with zero attached hydrogens (tertiary/aromatic N) is 2. The normalized spacial score (nSPS) is 13.7. The van der Waals surface area contributed by atoms with Crippen molar-refractivity contribution in [2.24, 2.45) is 0 Å². The Bertz CT molecular complexity index is 679. The van der Waals surface area contributed by atoms with E-state index in [4.69, 9.17) is 0 Å². The van der Waals surface area contributed by atoms with Gasteiger partial charge in [0.1, 0.15) is 0 Å². The van der Waals surface area contributed by atoms with E-state index in [2.05, 4.69) is 5.10 Å². The van der Waals surface area contributed by atoms with Gasteiger partial charge in [-0.2, -0.15) is 18.3 Å². The van der Waals surface area contributed by atoms with Gasteiger partial charge in [0.15, 0.2) is 0 Å². The second-order valence-corrected chi connectivity index (χ2v) is 4.59. The topological polar surface area (TPSA) is 55.1 Å². The minimum atomic E-state index is -4.48. The van der Waals surface area contributed by atoms with E-state index in [1.807, 2.05) is 0 Å². The van der Waals surface area contributed by atoms with Crippen molar-refractivity contribution in [3.05, 3.63) is 40.3 Å². The summed E-state index contributed by atoms with van der Waals surface area (Å²) in [5, 5.41) is 14.4. The molecule has 1 atom stereocenters. The Kier molecular flexibility index (Phi) is 3.80. The molecule has 1 aromatic carbocycles. The number of alkyl halides is 3. The van der Waals surface area contributed by atoms with Gasteiger partial charge in [-0.05, 0) is 13.0 Å². The van der Waals surface area contributed by atoms with Crippen molar-refractivity contribution in [2.75, 3.05) is 0 Å². The fourth-order valence-electron chi connectivity index (χ4n) is 2.06. The molecule has 1 heterocycles. The number of halogens is 3. The average Bonchev–Trinajstić information content (AvgIpc) is 2.33. The first-order chi connectivity index (χ1) is 9.28. The van der Waals surface area contributed by atoms with E-state index in [9.17, 15) is 23.1 Å². The zero-order chi connectivity index (χ0) is 14.9. The Hall–Kier alpha value is -1.89. The van der Waals surface area contributed by atoms with Gasteiger partial charge in [0, 0.05) is 5.39 Å². The minimum Gasteiger partial charge on any atom is -0.391 e.